The first-order valence-electron chi connectivity index (χ1n) is 17.1. The first-order chi connectivity index (χ1) is 20.5. The van der Waals surface area contributed by atoms with Crippen LogP contribution < -0.4 is 16.0 Å². The van der Waals surface area contributed by atoms with E-state index in [2.05, 4.69) is 50.6 Å². The van der Waals surface area contributed by atoms with Crippen LogP contribution in [-0.4, -0.2) is 53.2 Å². The monoisotopic (exact) mass is 640 g/mol. The Labute approximate surface area is 275 Å². The minimum absolute atomic E-state index is 0.0613. The molecule has 0 aromatic rings. The van der Waals surface area contributed by atoms with E-state index in [4.69, 9.17) is 4.74 Å². The molecule has 0 aromatic heterocycles. The molecule has 2 rings (SSSR count). The fourth-order valence-corrected chi connectivity index (χ4v) is 5.63. The molecule has 0 spiro atoms. The van der Waals surface area contributed by atoms with Crippen LogP contribution in [0.2, 0.25) is 0 Å². The van der Waals surface area contributed by atoms with Gasteiger partial charge in [-0.15, -0.1) is 0 Å². The molecule has 2 fully saturated rings. The molecule has 2 saturated heterocycles. The second-order valence-corrected chi connectivity index (χ2v) is 14.9. The van der Waals surface area contributed by atoms with E-state index in [0.717, 1.165) is 32.1 Å². The van der Waals surface area contributed by atoms with E-state index in [-0.39, 0.29) is 40.4 Å². The second kappa shape index (κ2) is 19.9. The molecule has 3 unspecified atom stereocenters. The third-order valence-corrected chi connectivity index (χ3v) is 9.28. The van der Waals surface area contributed by atoms with Gasteiger partial charge in [-0.05, 0) is 86.0 Å². The number of hydrogen-bond donors (Lipinski definition) is 3. The topological polar surface area (TPSA) is 131 Å². The van der Waals surface area contributed by atoms with Gasteiger partial charge in [0.05, 0.1) is 11.8 Å². The highest BCUT2D eigenvalue weighted by Crippen LogP contribution is 2.31. The first kappa shape index (κ1) is 44.7. The largest absolute Gasteiger partial charge is 0.444 e. The van der Waals surface area contributed by atoms with Crippen LogP contribution in [0.25, 0.3) is 0 Å². The Kier molecular flexibility index (Phi) is 19.8. The van der Waals surface area contributed by atoms with Gasteiger partial charge in [0.15, 0.2) is 0 Å². The maximum absolute atomic E-state index is 11.7. The molecule has 2 aliphatic rings. The van der Waals surface area contributed by atoms with Crippen molar-refractivity contribution in [2.75, 3.05) is 6.54 Å². The minimum Gasteiger partial charge on any atom is -0.444 e. The number of carbonyl (C=O) groups is 5. The summed E-state index contributed by atoms with van der Waals surface area (Å²) in [6.07, 6.45) is 4.45. The normalized spacial score (nSPS) is 21.8. The molecule has 3 N–H and O–H groups in total. The third kappa shape index (κ3) is 16.1. The first-order valence-corrected chi connectivity index (χ1v) is 17.1. The summed E-state index contributed by atoms with van der Waals surface area (Å²) < 4.78 is 5.15. The highest BCUT2D eigenvalue weighted by Gasteiger charge is 2.44. The van der Waals surface area contributed by atoms with Crippen LogP contribution >= 0.6 is 0 Å². The number of ether oxygens (including phenoxy) is 1. The Morgan fingerprint density at radius 3 is 1.62 bits per heavy atom. The van der Waals surface area contributed by atoms with Crippen molar-refractivity contribution in [2.45, 2.75) is 160 Å². The van der Waals surface area contributed by atoms with Crippen molar-refractivity contribution in [1.29, 1.82) is 0 Å². The maximum Gasteiger partial charge on any atom is 0.407 e. The van der Waals surface area contributed by atoms with Gasteiger partial charge < -0.3 is 20.7 Å². The van der Waals surface area contributed by atoms with Crippen molar-refractivity contribution in [2.24, 2.45) is 35.0 Å². The van der Waals surface area contributed by atoms with Crippen molar-refractivity contribution in [3.63, 3.8) is 0 Å². The SMILES string of the molecule is CCC(C(C)=O)[C@H](C)CC.CCC(C)(C)C(CNC(=O)OC(C)(C)C)C(C)=O.CCC1C(=O)NC1(C)C.CC[C@@H]1C(=O)N[C@H]1C. The summed E-state index contributed by atoms with van der Waals surface area (Å²) in [7, 11) is 0. The van der Waals surface area contributed by atoms with Crippen molar-refractivity contribution in [3.05, 3.63) is 0 Å². The summed E-state index contributed by atoms with van der Waals surface area (Å²) in [6, 6.07) is 0.424. The molecule has 0 saturated carbocycles. The summed E-state index contributed by atoms with van der Waals surface area (Å²) in [5.74, 6) is 2.09. The van der Waals surface area contributed by atoms with Gasteiger partial charge in [-0.25, -0.2) is 4.79 Å². The summed E-state index contributed by atoms with van der Waals surface area (Å²) in [4.78, 5) is 55.5. The summed E-state index contributed by atoms with van der Waals surface area (Å²) in [5, 5.41) is 8.29. The second-order valence-electron chi connectivity index (χ2n) is 14.9. The summed E-state index contributed by atoms with van der Waals surface area (Å²) in [5.41, 5.74) is -0.581. The van der Waals surface area contributed by atoms with Gasteiger partial charge in [-0.2, -0.15) is 0 Å². The van der Waals surface area contributed by atoms with Gasteiger partial charge in [0.2, 0.25) is 11.8 Å². The molecule has 3 amide bonds. The van der Waals surface area contributed by atoms with Crippen molar-refractivity contribution < 1.29 is 28.7 Å². The Bertz CT molecular complexity index is 953. The molecule has 264 valence electrons. The van der Waals surface area contributed by atoms with E-state index in [0.29, 0.717) is 36.1 Å². The Morgan fingerprint density at radius 2 is 1.42 bits per heavy atom. The molecule has 2 heterocycles. The zero-order valence-electron chi connectivity index (χ0n) is 31.7. The lowest BCUT2D eigenvalue weighted by molar-refractivity contribution is -0.140. The Morgan fingerprint density at radius 1 is 0.889 bits per heavy atom. The summed E-state index contributed by atoms with van der Waals surface area (Å²) in [6.45, 7) is 31.7. The number of Topliss-reactive ketones (excluding diaryl/α,β-unsaturated/α-hetero) is 2. The van der Waals surface area contributed by atoms with Crippen LogP contribution in [0, 0.1) is 35.0 Å². The van der Waals surface area contributed by atoms with Gasteiger partial charge >= 0.3 is 6.09 Å². The number of β-lactam (4-membered cyclic amide) rings is 2. The van der Waals surface area contributed by atoms with Gasteiger partial charge in [0.1, 0.15) is 17.2 Å². The smallest absolute Gasteiger partial charge is 0.407 e. The van der Waals surface area contributed by atoms with Crippen molar-refractivity contribution in [3.8, 4) is 0 Å². The molecule has 0 radical (unpaired) electrons. The van der Waals surface area contributed by atoms with E-state index >= 15 is 0 Å². The number of rotatable bonds is 11. The average Bonchev–Trinajstić information content (AvgIpc) is 2.88. The molecular formula is C36H69N3O6. The molecule has 45 heavy (non-hydrogen) atoms. The third-order valence-electron chi connectivity index (χ3n) is 9.28. The molecule has 2 aliphatic heterocycles. The molecular weight excluding hydrogens is 570 g/mol. The van der Waals surface area contributed by atoms with Crippen LogP contribution in [0.3, 0.4) is 0 Å². The predicted molar refractivity (Wildman–Crippen MR) is 184 cm³/mol. The van der Waals surface area contributed by atoms with Gasteiger partial charge in [-0.3, -0.25) is 19.2 Å². The van der Waals surface area contributed by atoms with E-state index < -0.39 is 11.7 Å². The zero-order chi connectivity index (χ0) is 35.9. The molecule has 0 aliphatic carbocycles. The predicted octanol–water partition coefficient (Wildman–Crippen LogP) is 7.25. The van der Waals surface area contributed by atoms with Crippen LogP contribution in [-0.2, 0) is 23.9 Å². The lowest BCUT2D eigenvalue weighted by Gasteiger charge is -2.43. The van der Waals surface area contributed by atoms with Crippen molar-refractivity contribution >= 4 is 29.5 Å². The number of amides is 3. The zero-order valence-corrected chi connectivity index (χ0v) is 31.7. The molecule has 0 aromatic carbocycles. The highest BCUT2D eigenvalue weighted by molar-refractivity contribution is 5.87. The molecule has 9 nitrogen and oxygen atoms in total. The lowest BCUT2D eigenvalue weighted by atomic mass is 9.75. The van der Waals surface area contributed by atoms with Crippen LogP contribution in [0.4, 0.5) is 4.79 Å². The quantitative estimate of drug-likeness (QED) is 0.204. The van der Waals surface area contributed by atoms with Crippen LogP contribution in [0.1, 0.15) is 143 Å². The number of nitrogens with one attached hydrogen (secondary N) is 3. The number of ketones is 2. The maximum atomic E-state index is 11.7. The van der Waals surface area contributed by atoms with E-state index in [1.54, 1.807) is 13.8 Å². The summed E-state index contributed by atoms with van der Waals surface area (Å²) >= 11 is 0. The Balaban J connectivity index is 0. The standard InChI is InChI=1S/C14H27NO3.C9H18O.C7H13NO.C6H11NO/c1-8-14(6,7)11(10(2)16)9-15-12(17)18-13(3,4)5;1-5-7(3)9(6-2)8(4)10;1-4-5-6(9)8-7(5,2)3;1-3-5-4(2)7-6(5)8/h11H,8-9H2,1-7H3,(H,15,17);7,9H,5-6H2,1-4H3;5H,4H2,1-3H3,(H,8,9);4-5H,3H2,1-2H3,(H,7,8)/t;7-,9?;;4-,5-/m.1.0/s1. The Hall–Kier alpha value is -2.45. The van der Waals surface area contributed by atoms with Gasteiger partial charge in [0, 0.05) is 30.0 Å². The molecule has 0 bridgehead atoms. The fourth-order valence-electron chi connectivity index (χ4n) is 5.63. The van der Waals surface area contributed by atoms with Gasteiger partial charge in [0.25, 0.3) is 0 Å². The van der Waals surface area contributed by atoms with E-state index in [1.807, 2.05) is 62.3 Å². The number of alkyl carbamates (subject to hydrolysis) is 1. The van der Waals surface area contributed by atoms with E-state index in [9.17, 15) is 24.0 Å². The minimum atomic E-state index is -0.518. The van der Waals surface area contributed by atoms with Crippen LogP contribution in [0.5, 0.6) is 0 Å². The van der Waals surface area contributed by atoms with Crippen molar-refractivity contribution in [1.82, 2.24) is 16.0 Å². The number of carbonyl (C=O) groups excluding carboxylic acids is 5. The fraction of sp³-hybridized carbons (Fsp3) is 0.861. The van der Waals surface area contributed by atoms with E-state index in [1.165, 1.54) is 0 Å². The average molecular weight is 640 g/mol. The van der Waals surface area contributed by atoms with Gasteiger partial charge in [-0.1, -0.05) is 68.2 Å². The lowest BCUT2D eigenvalue weighted by Crippen LogP contribution is -2.65. The number of hydrogen-bond acceptors (Lipinski definition) is 6. The molecule has 6 atom stereocenters. The highest BCUT2D eigenvalue weighted by atomic mass is 16.6. The molecule has 9 heteroatoms. The van der Waals surface area contributed by atoms with Crippen LogP contribution in [0.15, 0.2) is 0 Å².